The van der Waals surface area contributed by atoms with Crippen LogP contribution in [0.15, 0.2) is 24.3 Å². The van der Waals surface area contributed by atoms with Crippen LogP contribution in [0, 0.1) is 5.82 Å². The lowest BCUT2D eigenvalue weighted by molar-refractivity contribution is 0.0986. The van der Waals surface area contributed by atoms with E-state index in [1.165, 1.54) is 6.07 Å². The highest BCUT2D eigenvalue weighted by Crippen LogP contribution is 2.24. The van der Waals surface area contributed by atoms with E-state index in [-0.39, 0.29) is 11.4 Å². The number of nitrogens with zero attached hydrogens (tertiary/aromatic N) is 2. The van der Waals surface area contributed by atoms with Gasteiger partial charge in [0.2, 0.25) is 0 Å². The number of benzene rings is 1. The van der Waals surface area contributed by atoms with Crippen LogP contribution >= 0.6 is 0 Å². The molecule has 4 heteroatoms. The monoisotopic (exact) mass is 265 g/mol. The highest BCUT2D eigenvalue weighted by atomic mass is 19.1. The van der Waals surface area contributed by atoms with E-state index in [1.807, 2.05) is 12.1 Å². The van der Waals surface area contributed by atoms with E-state index in [4.69, 9.17) is 5.73 Å². The highest BCUT2D eigenvalue weighted by molar-refractivity contribution is 5.48. The Bertz CT molecular complexity index is 410. The molecule has 1 aromatic rings. The van der Waals surface area contributed by atoms with Crippen LogP contribution in [-0.2, 0) is 0 Å². The van der Waals surface area contributed by atoms with Crippen LogP contribution in [0.25, 0.3) is 0 Å². The average Bonchev–Trinajstić information content (AvgIpc) is 2.47. The van der Waals surface area contributed by atoms with Gasteiger partial charge in [-0.15, -0.1) is 0 Å². The maximum atomic E-state index is 13.8. The van der Waals surface area contributed by atoms with Crippen LogP contribution in [0.5, 0.6) is 0 Å². The summed E-state index contributed by atoms with van der Waals surface area (Å²) in [6.07, 6.45) is 1.04. The van der Waals surface area contributed by atoms with Crippen molar-refractivity contribution < 1.29 is 4.39 Å². The molecular formula is C15H24FN3. The number of hydrogen-bond donors (Lipinski definition) is 1. The molecule has 0 spiro atoms. The third-order valence-corrected chi connectivity index (χ3v) is 4.44. The standard InChI is InChI=1S/C15H24FN3/c1-3-15(2,12-17)19-10-8-18(9-11-19)14-7-5-4-6-13(14)16/h4-7H,3,8-12,17H2,1-2H3. The Morgan fingerprint density at radius 2 is 1.84 bits per heavy atom. The Morgan fingerprint density at radius 3 is 2.37 bits per heavy atom. The van der Waals surface area contributed by atoms with Crippen molar-refractivity contribution in [3.05, 3.63) is 30.1 Å². The Labute approximate surface area is 115 Å². The van der Waals surface area contributed by atoms with Crippen molar-refractivity contribution in [1.82, 2.24) is 4.90 Å². The second-order valence-electron chi connectivity index (χ2n) is 5.48. The van der Waals surface area contributed by atoms with E-state index < -0.39 is 0 Å². The summed E-state index contributed by atoms with van der Waals surface area (Å²) in [5.74, 6) is -0.131. The van der Waals surface area contributed by atoms with Crippen molar-refractivity contribution in [3.8, 4) is 0 Å². The molecule has 0 amide bonds. The summed E-state index contributed by atoms with van der Waals surface area (Å²) in [6.45, 7) is 8.66. The van der Waals surface area contributed by atoms with Crippen LogP contribution in [0.3, 0.4) is 0 Å². The van der Waals surface area contributed by atoms with Crippen molar-refractivity contribution in [2.75, 3.05) is 37.6 Å². The molecule has 0 aliphatic carbocycles. The van der Waals surface area contributed by atoms with Gasteiger partial charge >= 0.3 is 0 Å². The largest absolute Gasteiger partial charge is 0.367 e. The molecular weight excluding hydrogens is 241 g/mol. The van der Waals surface area contributed by atoms with Crippen molar-refractivity contribution >= 4 is 5.69 Å². The second-order valence-corrected chi connectivity index (χ2v) is 5.48. The first-order valence-electron chi connectivity index (χ1n) is 7.05. The van der Waals surface area contributed by atoms with Crippen molar-refractivity contribution in [3.63, 3.8) is 0 Å². The number of hydrogen-bond acceptors (Lipinski definition) is 3. The number of rotatable bonds is 4. The van der Waals surface area contributed by atoms with E-state index in [0.717, 1.165) is 32.6 Å². The molecule has 2 rings (SSSR count). The molecule has 1 heterocycles. The molecule has 19 heavy (non-hydrogen) atoms. The molecule has 1 saturated heterocycles. The van der Waals surface area contributed by atoms with E-state index in [2.05, 4.69) is 23.6 Å². The lowest BCUT2D eigenvalue weighted by Gasteiger charge is -2.45. The molecule has 1 aliphatic heterocycles. The first-order chi connectivity index (χ1) is 9.10. The van der Waals surface area contributed by atoms with E-state index in [0.29, 0.717) is 12.2 Å². The molecule has 0 aromatic heterocycles. The lowest BCUT2D eigenvalue weighted by Crippen LogP contribution is -2.58. The van der Waals surface area contributed by atoms with E-state index >= 15 is 0 Å². The fourth-order valence-electron chi connectivity index (χ4n) is 2.69. The number of nitrogens with two attached hydrogens (primary N) is 1. The Kier molecular flexibility index (Phi) is 4.42. The third kappa shape index (κ3) is 2.90. The summed E-state index contributed by atoms with van der Waals surface area (Å²) in [4.78, 5) is 4.56. The smallest absolute Gasteiger partial charge is 0.146 e. The molecule has 0 bridgehead atoms. The van der Waals surface area contributed by atoms with Crippen molar-refractivity contribution in [2.45, 2.75) is 25.8 Å². The zero-order chi connectivity index (χ0) is 13.9. The Balaban J connectivity index is 2.02. The lowest BCUT2D eigenvalue weighted by atomic mass is 9.95. The number of piperazine rings is 1. The minimum Gasteiger partial charge on any atom is -0.367 e. The topological polar surface area (TPSA) is 32.5 Å². The van der Waals surface area contributed by atoms with Gasteiger partial charge in [-0.25, -0.2) is 4.39 Å². The summed E-state index contributed by atoms with van der Waals surface area (Å²) >= 11 is 0. The molecule has 3 nitrogen and oxygen atoms in total. The van der Waals surface area contributed by atoms with Crippen LogP contribution < -0.4 is 10.6 Å². The molecule has 1 unspecified atom stereocenters. The van der Waals surface area contributed by atoms with Gasteiger partial charge in [-0.05, 0) is 25.5 Å². The van der Waals surface area contributed by atoms with Gasteiger partial charge in [-0.1, -0.05) is 19.1 Å². The Morgan fingerprint density at radius 1 is 1.21 bits per heavy atom. The zero-order valence-electron chi connectivity index (χ0n) is 11.9. The Hall–Kier alpha value is -1.13. The average molecular weight is 265 g/mol. The van der Waals surface area contributed by atoms with Crippen LogP contribution in [0.2, 0.25) is 0 Å². The van der Waals surface area contributed by atoms with E-state index in [1.54, 1.807) is 6.07 Å². The molecule has 0 radical (unpaired) electrons. The summed E-state index contributed by atoms with van der Waals surface area (Å²) in [6, 6.07) is 7.00. The highest BCUT2D eigenvalue weighted by Gasteiger charge is 2.31. The van der Waals surface area contributed by atoms with Gasteiger partial charge in [0.25, 0.3) is 0 Å². The molecule has 106 valence electrons. The van der Waals surface area contributed by atoms with Gasteiger partial charge < -0.3 is 10.6 Å². The summed E-state index contributed by atoms with van der Waals surface area (Å²) in [7, 11) is 0. The van der Waals surface area contributed by atoms with Gasteiger partial charge in [-0.3, -0.25) is 4.90 Å². The van der Waals surface area contributed by atoms with Crippen LogP contribution in [-0.4, -0.2) is 43.2 Å². The predicted molar refractivity (Wildman–Crippen MR) is 77.9 cm³/mol. The minimum atomic E-state index is -0.131. The number of para-hydroxylation sites is 1. The predicted octanol–water partition coefficient (Wildman–Crippen LogP) is 2.08. The summed E-state index contributed by atoms with van der Waals surface area (Å²) < 4.78 is 13.8. The molecule has 1 atom stereocenters. The quantitative estimate of drug-likeness (QED) is 0.904. The van der Waals surface area contributed by atoms with Gasteiger partial charge in [0, 0.05) is 38.3 Å². The first-order valence-corrected chi connectivity index (χ1v) is 7.05. The molecule has 1 aromatic carbocycles. The van der Waals surface area contributed by atoms with Gasteiger partial charge in [-0.2, -0.15) is 0 Å². The second kappa shape index (κ2) is 5.88. The summed E-state index contributed by atoms with van der Waals surface area (Å²) in [5, 5.41) is 0. The van der Waals surface area contributed by atoms with E-state index in [9.17, 15) is 4.39 Å². The van der Waals surface area contributed by atoms with Crippen molar-refractivity contribution in [1.29, 1.82) is 0 Å². The number of anilines is 1. The normalized spacial score (nSPS) is 20.3. The zero-order valence-corrected chi connectivity index (χ0v) is 11.9. The molecule has 1 fully saturated rings. The molecule has 2 N–H and O–H groups in total. The number of halogens is 1. The van der Waals surface area contributed by atoms with Crippen molar-refractivity contribution in [2.24, 2.45) is 5.73 Å². The fraction of sp³-hybridized carbons (Fsp3) is 0.600. The SMILES string of the molecule is CCC(C)(CN)N1CCN(c2ccccc2F)CC1. The fourth-order valence-corrected chi connectivity index (χ4v) is 2.69. The van der Waals surface area contributed by atoms with Crippen LogP contribution in [0.4, 0.5) is 10.1 Å². The van der Waals surface area contributed by atoms with Crippen LogP contribution in [0.1, 0.15) is 20.3 Å². The summed E-state index contributed by atoms with van der Waals surface area (Å²) in [5.41, 5.74) is 6.69. The minimum absolute atomic E-state index is 0.0708. The molecule has 0 saturated carbocycles. The maximum absolute atomic E-state index is 13.8. The third-order valence-electron chi connectivity index (χ3n) is 4.44. The first kappa shape index (κ1) is 14.3. The van der Waals surface area contributed by atoms with Gasteiger partial charge in [0.1, 0.15) is 5.82 Å². The maximum Gasteiger partial charge on any atom is 0.146 e. The van der Waals surface area contributed by atoms with Gasteiger partial charge in [0.05, 0.1) is 5.69 Å². The molecule has 1 aliphatic rings. The van der Waals surface area contributed by atoms with Gasteiger partial charge in [0.15, 0.2) is 0 Å².